The third-order valence-electron chi connectivity index (χ3n) is 8.40. The number of rotatable bonds is 17. The summed E-state index contributed by atoms with van der Waals surface area (Å²) >= 11 is 1.53. The molecule has 1 aromatic heterocycles. The second-order valence-corrected chi connectivity index (χ2v) is 16.1. The highest BCUT2D eigenvalue weighted by Crippen LogP contribution is 2.24. The molecular weight excluding hydrogens is 653 g/mol. The normalized spacial score (nSPS) is 16.6. The number of benzene rings is 2. The largest absolute Gasteiger partial charge is 0.390 e. The lowest BCUT2D eigenvalue weighted by atomic mass is 9.97. The summed E-state index contributed by atoms with van der Waals surface area (Å²) < 4.78 is 28.9. The Kier molecular flexibility index (Phi) is 12.7. The van der Waals surface area contributed by atoms with Gasteiger partial charge < -0.3 is 25.7 Å². The quantitative estimate of drug-likeness (QED) is 0.156. The van der Waals surface area contributed by atoms with Gasteiger partial charge in [-0.15, -0.1) is 11.3 Å². The maximum atomic E-state index is 13.8. The predicted octanol–water partition coefficient (Wildman–Crippen LogP) is 3.04. The number of hydrogen-bond donors (Lipinski definition) is 4. The van der Waals surface area contributed by atoms with Gasteiger partial charge in [-0.05, 0) is 55.0 Å². The first-order valence-corrected chi connectivity index (χ1v) is 18.5. The molecule has 0 spiro atoms. The lowest BCUT2D eigenvalue weighted by molar-refractivity contribution is -0.00162. The lowest BCUT2D eigenvalue weighted by Gasteiger charge is -2.38. The van der Waals surface area contributed by atoms with E-state index < -0.39 is 40.3 Å². The molecule has 1 aliphatic rings. The van der Waals surface area contributed by atoms with Gasteiger partial charge in [-0.1, -0.05) is 58.0 Å². The molecule has 1 fully saturated rings. The third-order valence-corrected chi connectivity index (χ3v) is 11.1. The topological polar surface area (TPSA) is 169 Å². The summed E-state index contributed by atoms with van der Waals surface area (Å²) in [6.45, 7) is 10.7. The number of aliphatic hydroxyl groups excluding tert-OH is 2. The zero-order valence-electron chi connectivity index (χ0n) is 28.2. The molecule has 3 amide bonds. The molecular formula is C34H48N6O6S2. The zero-order chi connectivity index (χ0) is 35.2. The van der Waals surface area contributed by atoms with Gasteiger partial charge >= 0.3 is 6.03 Å². The Morgan fingerprint density at radius 1 is 1.04 bits per heavy atom. The minimum atomic E-state index is -4.08. The highest BCUT2D eigenvalue weighted by Gasteiger charge is 2.40. The van der Waals surface area contributed by atoms with Crippen molar-refractivity contribution in [1.29, 1.82) is 0 Å². The summed E-state index contributed by atoms with van der Waals surface area (Å²) in [6.07, 6.45) is -2.18. The molecule has 0 aliphatic carbocycles. The summed E-state index contributed by atoms with van der Waals surface area (Å²) in [5.41, 5.74) is 7.23. The second-order valence-electron chi connectivity index (χ2n) is 13.1. The van der Waals surface area contributed by atoms with Gasteiger partial charge in [0.05, 0.1) is 34.3 Å². The number of aliphatic hydroxyl groups is 2. The van der Waals surface area contributed by atoms with Gasteiger partial charge in [0, 0.05) is 43.2 Å². The molecule has 4 rings (SSSR count). The number of hydrogen-bond acceptors (Lipinski definition) is 9. The van der Waals surface area contributed by atoms with E-state index in [1.807, 2.05) is 70.3 Å². The van der Waals surface area contributed by atoms with Crippen LogP contribution in [-0.2, 0) is 23.0 Å². The number of nitrogens with zero attached hydrogens (tertiary/aromatic N) is 4. The van der Waals surface area contributed by atoms with E-state index >= 15 is 0 Å². The van der Waals surface area contributed by atoms with Gasteiger partial charge in [0.1, 0.15) is 6.23 Å². The van der Waals surface area contributed by atoms with E-state index in [0.29, 0.717) is 19.6 Å². The molecule has 3 aromatic rings. The van der Waals surface area contributed by atoms with Gasteiger partial charge in [-0.25, -0.2) is 18.2 Å². The van der Waals surface area contributed by atoms with Crippen molar-refractivity contribution in [3.05, 3.63) is 81.8 Å². The number of aryl methyl sites for hydroxylation is 1. The number of sulfonamides is 1. The molecule has 5 N–H and O–H groups in total. The lowest BCUT2D eigenvalue weighted by Crippen LogP contribution is -2.59. The van der Waals surface area contributed by atoms with Crippen LogP contribution in [0.25, 0.3) is 0 Å². The number of carbonyl (C=O) groups excluding carboxylic acids is 2. The van der Waals surface area contributed by atoms with Crippen molar-refractivity contribution >= 4 is 33.3 Å². The monoisotopic (exact) mass is 700 g/mol. The molecule has 48 heavy (non-hydrogen) atoms. The smallest absolute Gasteiger partial charge is 0.320 e. The maximum Gasteiger partial charge on any atom is 0.320 e. The van der Waals surface area contributed by atoms with Gasteiger partial charge in [0.2, 0.25) is 15.9 Å². The molecule has 14 heteroatoms. The maximum absolute atomic E-state index is 13.8. The van der Waals surface area contributed by atoms with Crippen molar-refractivity contribution in [3.63, 3.8) is 0 Å². The van der Waals surface area contributed by atoms with Crippen molar-refractivity contribution in [2.75, 3.05) is 26.2 Å². The van der Waals surface area contributed by atoms with E-state index in [9.17, 15) is 28.2 Å². The molecule has 1 aliphatic heterocycles. The average Bonchev–Trinajstić information content (AvgIpc) is 3.61. The molecule has 2 aromatic carbocycles. The molecule has 0 radical (unpaired) electrons. The first kappa shape index (κ1) is 37.4. The Morgan fingerprint density at radius 2 is 1.71 bits per heavy atom. The Bertz CT molecular complexity index is 1620. The van der Waals surface area contributed by atoms with Crippen molar-refractivity contribution in [3.8, 4) is 0 Å². The van der Waals surface area contributed by atoms with E-state index in [1.54, 1.807) is 9.80 Å². The molecule has 262 valence electrons. The van der Waals surface area contributed by atoms with Crippen LogP contribution >= 0.6 is 11.3 Å². The minimum Gasteiger partial charge on any atom is -0.390 e. The Morgan fingerprint density at radius 3 is 2.27 bits per heavy atom. The number of nitrogens with two attached hydrogens (primary N) is 1. The zero-order valence-corrected chi connectivity index (χ0v) is 29.8. The molecule has 1 unspecified atom stereocenters. The predicted molar refractivity (Wildman–Crippen MR) is 186 cm³/mol. The molecule has 1 saturated heterocycles. The van der Waals surface area contributed by atoms with E-state index in [4.69, 9.17) is 5.73 Å². The number of primary amides is 1. The molecule has 0 saturated carbocycles. The molecule has 2 heterocycles. The number of aromatic nitrogens is 1. The summed E-state index contributed by atoms with van der Waals surface area (Å²) in [5, 5.41) is 29.5. The first-order valence-electron chi connectivity index (χ1n) is 16.2. The SMILES string of the molecule is Cc1nc(CN2CCN([C@@H](C(C)C)C(O)N[C@@H](Cc3ccccc3)[C@H](O)CN(CC(C)C)S(=O)(=O)c3ccc(C(N)=O)cc3)C2=O)cs1. The van der Waals surface area contributed by atoms with Crippen LogP contribution in [0.4, 0.5) is 4.79 Å². The second kappa shape index (κ2) is 16.3. The Hall–Kier alpha value is -3.40. The van der Waals surface area contributed by atoms with Gasteiger partial charge in [-0.2, -0.15) is 4.31 Å². The highest BCUT2D eigenvalue weighted by atomic mass is 32.2. The van der Waals surface area contributed by atoms with Crippen molar-refractivity contribution in [2.45, 2.75) is 76.9 Å². The van der Waals surface area contributed by atoms with E-state index in [0.717, 1.165) is 16.3 Å². The van der Waals surface area contributed by atoms with Crippen molar-refractivity contribution < 1.29 is 28.2 Å². The van der Waals surface area contributed by atoms with Gasteiger partial charge in [0.25, 0.3) is 0 Å². The summed E-state index contributed by atoms with van der Waals surface area (Å²) in [6, 6.07) is 13.2. The number of amides is 3. The van der Waals surface area contributed by atoms with Crippen LogP contribution in [0, 0.1) is 18.8 Å². The molecule has 4 atom stereocenters. The van der Waals surface area contributed by atoms with E-state index in [1.165, 1.54) is 39.9 Å². The van der Waals surface area contributed by atoms with Gasteiger partial charge in [-0.3, -0.25) is 10.1 Å². The summed E-state index contributed by atoms with van der Waals surface area (Å²) in [5.74, 6) is -0.876. The number of carbonyl (C=O) groups is 2. The van der Waals surface area contributed by atoms with E-state index in [2.05, 4.69) is 10.3 Å². The fourth-order valence-corrected chi connectivity index (χ4v) is 8.27. The van der Waals surface area contributed by atoms with Crippen molar-refractivity contribution in [1.82, 2.24) is 24.4 Å². The van der Waals surface area contributed by atoms with Crippen molar-refractivity contribution in [2.24, 2.45) is 17.6 Å². The number of urea groups is 1. The fraction of sp³-hybridized carbons (Fsp3) is 0.500. The standard InChI is InChI=1S/C34H48N6O6S2/c1-22(2)18-39(48(45,46)28-13-11-26(12-14-28)32(35)42)20-30(41)29(17-25-9-7-6-8-10-25)37-33(43)31(23(3)4)40-16-15-38(34(40)44)19-27-21-47-24(5)36-27/h6-14,21-23,29-31,33,37,41,43H,15-20H2,1-5H3,(H2,35,42)/t29-,30+,31-,33?/m0/s1. The molecule has 12 nitrogen and oxygen atoms in total. The van der Waals surface area contributed by atoms with Crippen LogP contribution in [-0.4, -0.2) is 100 Å². The van der Waals surface area contributed by atoms with E-state index in [-0.39, 0.29) is 47.8 Å². The average molecular weight is 701 g/mol. The minimum absolute atomic E-state index is 0.0299. The fourth-order valence-electron chi connectivity index (χ4n) is 6.04. The van der Waals surface area contributed by atoms with Crippen LogP contribution in [0.15, 0.2) is 64.9 Å². The highest BCUT2D eigenvalue weighted by molar-refractivity contribution is 7.89. The summed E-state index contributed by atoms with van der Waals surface area (Å²) in [4.78, 5) is 33.0. The Balaban J connectivity index is 1.57. The number of thiazole rings is 1. The third kappa shape index (κ3) is 9.39. The Labute approximate surface area is 287 Å². The van der Waals surface area contributed by atoms with Crippen LogP contribution in [0.5, 0.6) is 0 Å². The first-order chi connectivity index (χ1) is 22.7. The van der Waals surface area contributed by atoms with Crippen LogP contribution in [0.3, 0.4) is 0 Å². The van der Waals surface area contributed by atoms with Crippen LogP contribution in [0.2, 0.25) is 0 Å². The van der Waals surface area contributed by atoms with Crippen LogP contribution in [0.1, 0.15) is 54.3 Å². The van der Waals surface area contributed by atoms with Crippen LogP contribution < -0.4 is 11.1 Å². The number of nitrogens with one attached hydrogen (secondary N) is 1. The molecule has 0 bridgehead atoms. The summed E-state index contributed by atoms with van der Waals surface area (Å²) in [7, 11) is -4.08. The van der Waals surface area contributed by atoms with Gasteiger partial charge in [0.15, 0.2) is 0 Å².